The summed E-state index contributed by atoms with van der Waals surface area (Å²) in [5.41, 5.74) is 0.416. The Morgan fingerprint density at radius 3 is 2.59 bits per heavy atom. The second-order valence-corrected chi connectivity index (χ2v) is 12.1. The van der Waals surface area contributed by atoms with Crippen LogP contribution in [0.15, 0.2) is 23.5 Å². The van der Waals surface area contributed by atoms with Gasteiger partial charge in [-0.1, -0.05) is 25.5 Å². The number of aliphatic hydroxyl groups excluding tert-OH is 1. The fraction of sp³-hybridized carbons (Fsp3) is 0.821. The number of aliphatic hydroxyl groups is 2. The first-order chi connectivity index (χ1) is 16.0. The molecule has 1 heterocycles. The minimum atomic E-state index is -0.974. The van der Waals surface area contributed by atoms with Gasteiger partial charge in [-0.25, -0.2) is 0 Å². The Bertz CT molecular complexity index is 893. The largest absolute Gasteiger partial charge is 0.493 e. The van der Waals surface area contributed by atoms with Crippen molar-refractivity contribution in [3.8, 4) is 0 Å². The fourth-order valence-corrected chi connectivity index (χ4v) is 8.63. The van der Waals surface area contributed by atoms with Gasteiger partial charge in [0, 0.05) is 5.41 Å². The van der Waals surface area contributed by atoms with E-state index in [4.69, 9.17) is 14.2 Å². The van der Waals surface area contributed by atoms with Crippen molar-refractivity contribution in [3.05, 3.63) is 23.5 Å². The van der Waals surface area contributed by atoms with Gasteiger partial charge in [-0.15, -0.1) is 0 Å². The molecule has 5 aliphatic rings. The number of methoxy groups -OCH3 is 1. The van der Waals surface area contributed by atoms with Crippen LogP contribution in [0.4, 0.5) is 0 Å². The van der Waals surface area contributed by atoms with Crippen molar-refractivity contribution >= 4 is 5.78 Å². The molecule has 1 aliphatic heterocycles. The molecule has 0 aromatic carbocycles. The molecule has 6 heteroatoms. The molecule has 34 heavy (non-hydrogen) atoms. The first-order valence-corrected chi connectivity index (χ1v) is 13.2. The van der Waals surface area contributed by atoms with Gasteiger partial charge < -0.3 is 24.4 Å². The predicted molar refractivity (Wildman–Crippen MR) is 128 cm³/mol. The lowest BCUT2D eigenvalue weighted by Gasteiger charge is -2.59. The van der Waals surface area contributed by atoms with Crippen LogP contribution in [0.5, 0.6) is 0 Å². The highest BCUT2D eigenvalue weighted by Gasteiger charge is 2.65. The molecule has 0 saturated heterocycles. The van der Waals surface area contributed by atoms with Crippen LogP contribution >= 0.6 is 0 Å². The Labute approximate surface area is 203 Å². The molecule has 0 aromatic heterocycles. The summed E-state index contributed by atoms with van der Waals surface area (Å²) >= 11 is 0. The molecule has 10 atom stereocenters. The van der Waals surface area contributed by atoms with Gasteiger partial charge in [-0.05, 0) is 94.5 Å². The highest BCUT2D eigenvalue weighted by molar-refractivity contribution is 5.96. The molecule has 2 N–H and O–H groups in total. The maximum absolute atomic E-state index is 12.6. The highest BCUT2D eigenvalue weighted by Crippen LogP contribution is 2.67. The minimum Gasteiger partial charge on any atom is -0.493 e. The van der Waals surface area contributed by atoms with Crippen molar-refractivity contribution in [2.75, 3.05) is 7.11 Å². The number of Topliss-reactive ketones (excluding diaryl/α,β-unsaturated/α-hetero) is 1. The number of hydrogen-bond acceptors (Lipinski definition) is 6. The number of carbonyl (C=O) groups excluding carboxylic acids is 1. The average Bonchev–Trinajstić information content (AvgIpc) is 3.08. The number of allylic oxidation sites excluding steroid dienone is 1. The lowest BCUT2D eigenvalue weighted by Crippen LogP contribution is -2.58. The molecule has 5 rings (SSSR count). The number of rotatable bonds is 4. The first-order valence-electron chi connectivity index (χ1n) is 13.2. The van der Waals surface area contributed by atoms with E-state index in [-0.39, 0.29) is 28.8 Å². The molecule has 3 saturated carbocycles. The van der Waals surface area contributed by atoms with Crippen LogP contribution in [-0.2, 0) is 19.0 Å². The van der Waals surface area contributed by atoms with E-state index >= 15 is 0 Å². The zero-order valence-electron chi connectivity index (χ0n) is 21.4. The summed E-state index contributed by atoms with van der Waals surface area (Å²) in [5.74, 6) is 1.69. The fourth-order valence-electron chi connectivity index (χ4n) is 8.63. The zero-order chi connectivity index (χ0) is 24.5. The lowest BCUT2D eigenvalue weighted by atomic mass is 9.46. The maximum Gasteiger partial charge on any atom is 0.252 e. The average molecular weight is 475 g/mol. The summed E-state index contributed by atoms with van der Waals surface area (Å²) < 4.78 is 17.2. The van der Waals surface area contributed by atoms with Gasteiger partial charge in [0.2, 0.25) is 6.29 Å². The van der Waals surface area contributed by atoms with Crippen LogP contribution in [0, 0.1) is 28.6 Å². The van der Waals surface area contributed by atoms with Crippen molar-refractivity contribution in [3.63, 3.8) is 0 Å². The van der Waals surface area contributed by atoms with E-state index in [1.165, 1.54) is 12.7 Å². The van der Waals surface area contributed by atoms with E-state index in [0.717, 1.165) is 44.9 Å². The smallest absolute Gasteiger partial charge is 0.252 e. The normalized spacial score (nSPS) is 49.3. The zero-order valence-corrected chi connectivity index (χ0v) is 21.4. The third-order valence-electron chi connectivity index (χ3n) is 10.7. The van der Waals surface area contributed by atoms with Crippen molar-refractivity contribution in [1.29, 1.82) is 0 Å². The molecule has 0 bridgehead atoms. The summed E-state index contributed by atoms with van der Waals surface area (Å²) in [6, 6.07) is 0. The Balaban J connectivity index is 1.32. The Morgan fingerprint density at radius 1 is 1.15 bits per heavy atom. The second kappa shape index (κ2) is 8.43. The second-order valence-electron chi connectivity index (χ2n) is 12.1. The standard InChI is InChI=1S/C28H42O6/c1-16-14-23(32-5)24(30)25(33-16)34-19-8-11-26(3)18(15-19)6-7-20-21(26)9-12-27(4)22(20)10-13-28(27,31)17(2)29/h6,14,16-17,19-22,25,29,31H,7-13,15H2,1-5H3/t16-,17+,19+,20-,21+,22+,25?,26+,27+,28+/m1/s1. The number of ether oxygens (including phenoxy) is 3. The SMILES string of the molecule is COC1=C[C@@H](C)OC(O[C@H]2CC[C@@]3(C)C(=CC[C@@H]4[C@@H]3CC[C@@]3(C)[C@H]4CC[C@]3(O)[C@H](C)O)C2)C1=O. The van der Waals surface area contributed by atoms with Gasteiger partial charge in [0.05, 0.1) is 31.0 Å². The molecule has 6 nitrogen and oxygen atoms in total. The third-order valence-corrected chi connectivity index (χ3v) is 10.7. The van der Waals surface area contributed by atoms with Crippen molar-refractivity contribution in [2.45, 2.75) is 109 Å². The van der Waals surface area contributed by atoms with Gasteiger partial charge in [-0.3, -0.25) is 4.79 Å². The van der Waals surface area contributed by atoms with Crippen LogP contribution in [0.2, 0.25) is 0 Å². The molecular formula is C28H42O6. The van der Waals surface area contributed by atoms with Crippen molar-refractivity contribution in [2.24, 2.45) is 28.6 Å². The molecule has 0 amide bonds. The number of ketones is 1. The van der Waals surface area contributed by atoms with Crippen LogP contribution in [0.3, 0.4) is 0 Å². The van der Waals surface area contributed by atoms with Gasteiger partial charge in [-0.2, -0.15) is 0 Å². The van der Waals surface area contributed by atoms with E-state index in [2.05, 4.69) is 19.9 Å². The van der Waals surface area contributed by atoms with Gasteiger partial charge in [0.25, 0.3) is 5.78 Å². The van der Waals surface area contributed by atoms with E-state index in [1.807, 2.05) is 6.92 Å². The molecular weight excluding hydrogens is 432 g/mol. The quantitative estimate of drug-likeness (QED) is 0.591. The minimum absolute atomic E-state index is 0.0334. The summed E-state index contributed by atoms with van der Waals surface area (Å²) in [5, 5.41) is 21.9. The van der Waals surface area contributed by atoms with Crippen LogP contribution in [0.25, 0.3) is 0 Å². The Kier molecular flexibility index (Phi) is 6.07. The van der Waals surface area contributed by atoms with Gasteiger partial charge >= 0.3 is 0 Å². The highest BCUT2D eigenvalue weighted by atomic mass is 16.7. The van der Waals surface area contributed by atoms with Crippen LogP contribution in [0.1, 0.15) is 79.1 Å². The molecule has 0 aromatic rings. The lowest BCUT2D eigenvalue weighted by molar-refractivity contribution is -0.200. The van der Waals surface area contributed by atoms with E-state index in [0.29, 0.717) is 29.9 Å². The first kappa shape index (κ1) is 24.5. The molecule has 3 fully saturated rings. The summed E-state index contributed by atoms with van der Waals surface area (Å²) in [7, 11) is 1.51. The van der Waals surface area contributed by atoms with Crippen LogP contribution < -0.4 is 0 Å². The topological polar surface area (TPSA) is 85.2 Å². The molecule has 190 valence electrons. The Hall–Kier alpha value is -1.21. The Morgan fingerprint density at radius 2 is 1.88 bits per heavy atom. The van der Waals surface area contributed by atoms with Crippen LogP contribution in [-0.4, -0.2) is 53.3 Å². The van der Waals surface area contributed by atoms with Gasteiger partial charge in [0.1, 0.15) is 0 Å². The molecule has 4 aliphatic carbocycles. The van der Waals surface area contributed by atoms with E-state index < -0.39 is 18.0 Å². The summed E-state index contributed by atoms with van der Waals surface area (Å²) in [4.78, 5) is 12.6. The van der Waals surface area contributed by atoms with Crippen molar-refractivity contribution < 1.29 is 29.2 Å². The third kappa shape index (κ3) is 3.47. The summed E-state index contributed by atoms with van der Waals surface area (Å²) in [6.07, 6.45) is 9.87. The molecule has 0 spiro atoms. The monoisotopic (exact) mass is 474 g/mol. The summed E-state index contributed by atoms with van der Waals surface area (Å²) in [6.45, 7) is 8.31. The van der Waals surface area contributed by atoms with E-state index in [1.54, 1.807) is 13.0 Å². The number of carbonyl (C=O) groups is 1. The van der Waals surface area contributed by atoms with E-state index in [9.17, 15) is 15.0 Å². The number of fused-ring (bicyclic) bond motifs is 5. The molecule has 1 unspecified atom stereocenters. The maximum atomic E-state index is 12.6. The number of hydrogen-bond donors (Lipinski definition) is 2. The predicted octanol–water partition coefficient (Wildman–Crippen LogP) is 4.29. The molecule has 0 radical (unpaired) electrons. The van der Waals surface area contributed by atoms with Crippen molar-refractivity contribution in [1.82, 2.24) is 0 Å². The van der Waals surface area contributed by atoms with Gasteiger partial charge in [0.15, 0.2) is 5.76 Å².